The summed E-state index contributed by atoms with van der Waals surface area (Å²) in [5, 5.41) is 16.6. The van der Waals surface area contributed by atoms with Crippen molar-refractivity contribution in [3.05, 3.63) is 71.2 Å². The van der Waals surface area contributed by atoms with E-state index in [1.54, 1.807) is 31.2 Å². The smallest absolute Gasteiger partial charge is 0.197 e. The van der Waals surface area contributed by atoms with Gasteiger partial charge < -0.3 is 24.2 Å². The van der Waals surface area contributed by atoms with E-state index in [0.29, 0.717) is 29.6 Å². The minimum atomic E-state index is -0.718. The number of aliphatic hydroxyl groups excluding tert-OH is 2. The van der Waals surface area contributed by atoms with Crippen LogP contribution < -0.4 is 0 Å². The van der Waals surface area contributed by atoms with E-state index in [0.717, 1.165) is 11.8 Å². The molecular formula is C22H28O7. The summed E-state index contributed by atoms with van der Waals surface area (Å²) < 4.78 is 9.64. The van der Waals surface area contributed by atoms with Crippen LogP contribution in [0.2, 0.25) is 0 Å². The Morgan fingerprint density at radius 3 is 2.31 bits per heavy atom. The second-order valence-corrected chi connectivity index (χ2v) is 5.88. The van der Waals surface area contributed by atoms with Crippen molar-refractivity contribution in [3.63, 3.8) is 0 Å². The lowest BCUT2D eigenvalue weighted by atomic mass is 9.99. The Morgan fingerprint density at radius 1 is 1.24 bits per heavy atom. The van der Waals surface area contributed by atoms with Crippen LogP contribution in [0.15, 0.2) is 47.4 Å². The summed E-state index contributed by atoms with van der Waals surface area (Å²) in [6, 6.07) is 8.87. The lowest BCUT2D eigenvalue weighted by Gasteiger charge is -2.02. The minimum Gasteiger partial charge on any atom is -0.458 e. The number of hydrogen-bond donors (Lipinski definition) is 2. The van der Waals surface area contributed by atoms with Crippen LogP contribution in [0.5, 0.6) is 0 Å². The maximum Gasteiger partial charge on any atom is 0.197 e. The van der Waals surface area contributed by atoms with Crippen LogP contribution in [0.1, 0.15) is 44.2 Å². The third kappa shape index (κ3) is 9.75. The molecule has 0 aliphatic carbocycles. The number of ether oxygens (including phenoxy) is 1. The number of allylic oxidation sites excluding steroid dienone is 1. The van der Waals surface area contributed by atoms with Gasteiger partial charge in [-0.25, -0.2) is 0 Å². The second-order valence-electron chi connectivity index (χ2n) is 5.88. The number of rotatable bonds is 8. The highest BCUT2D eigenvalue weighted by molar-refractivity contribution is 6.12. The van der Waals surface area contributed by atoms with E-state index in [1.807, 2.05) is 19.1 Å². The standard InChI is InChI=1S/C14H12O3.C4H10O3.C4H6O/c1-9-5-3-4-6-11(9)14(16)12-7-10(2)17-13(12)8-15;1-7-3-4(6)2-5;1-2-3-4-5/h3-8H,1-2H3;4-6H,2-3H2,1H3;2,4H,1,3H2. The molecule has 2 rings (SSSR count). The van der Waals surface area contributed by atoms with Crippen LogP contribution in [0.4, 0.5) is 0 Å². The summed E-state index contributed by atoms with van der Waals surface area (Å²) in [5.74, 6) is 0.474. The number of carbonyl (C=O) groups excluding carboxylic acids is 3. The quantitative estimate of drug-likeness (QED) is 0.395. The SMILES string of the molecule is C=CCC=O.COCC(O)CO.Cc1cc(C(=O)c2ccccc2C)c(C=O)o1. The fraction of sp³-hybridized carbons (Fsp3) is 0.318. The predicted octanol–water partition coefficient (Wildman–Crippen LogP) is 2.69. The Labute approximate surface area is 170 Å². The predicted molar refractivity (Wildman–Crippen MR) is 109 cm³/mol. The molecule has 0 radical (unpaired) electrons. The van der Waals surface area contributed by atoms with E-state index in [-0.39, 0.29) is 24.8 Å². The lowest BCUT2D eigenvalue weighted by molar-refractivity contribution is -0.107. The van der Waals surface area contributed by atoms with Crippen LogP contribution >= 0.6 is 0 Å². The van der Waals surface area contributed by atoms with E-state index in [4.69, 9.17) is 14.6 Å². The highest BCUT2D eigenvalue weighted by atomic mass is 16.5. The van der Waals surface area contributed by atoms with Crippen molar-refractivity contribution in [3.8, 4) is 0 Å². The first-order valence-electron chi connectivity index (χ1n) is 8.84. The molecule has 0 spiro atoms. The summed E-state index contributed by atoms with van der Waals surface area (Å²) in [4.78, 5) is 32.4. The molecule has 0 amide bonds. The topological polar surface area (TPSA) is 114 Å². The van der Waals surface area contributed by atoms with Gasteiger partial charge in [-0.3, -0.25) is 9.59 Å². The molecule has 0 saturated carbocycles. The number of benzene rings is 1. The van der Waals surface area contributed by atoms with Crippen LogP contribution in [0.3, 0.4) is 0 Å². The van der Waals surface area contributed by atoms with Crippen molar-refractivity contribution in [1.82, 2.24) is 0 Å². The highest BCUT2D eigenvalue weighted by Crippen LogP contribution is 2.19. The van der Waals surface area contributed by atoms with Crippen LogP contribution in [-0.4, -0.2) is 55.0 Å². The second kappa shape index (κ2) is 15.1. The Kier molecular flexibility index (Phi) is 13.6. The van der Waals surface area contributed by atoms with Gasteiger partial charge in [0.2, 0.25) is 0 Å². The van der Waals surface area contributed by atoms with Gasteiger partial charge in [-0.1, -0.05) is 30.3 Å². The average molecular weight is 404 g/mol. The van der Waals surface area contributed by atoms with Gasteiger partial charge in [-0.2, -0.15) is 0 Å². The fourth-order valence-electron chi connectivity index (χ4n) is 2.08. The maximum absolute atomic E-state index is 12.2. The van der Waals surface area contributed by atoms with Crippen molar-refractivity contribution in [2.45, 2.75) is 26.4 Å². The lowest BCUT2D eigenvalue weighted by Crippen LogP contribution is -2.17. The third-order valence-corrected chi connectivity index (χ3v) is 3.46. The average Bonchev–Trinajstić information content (AvgIpc) is 3.10. The van der Waals surface area contributed by atoms with Crippen LogP contribution in [-0.2, 0) is 9.53 Å². The summed E-state index contributed by atoms with van der Waals surface area (Å²) in [6.45, 7) is 6.87. The Balaban J connectivity index is 0.000000543. The Morgan fingerprint density at radius 2 is 1.90 bits per heavy atom. The molecule has 0 fully saturated rings. The molecular weight excluding hydrogens is 376 g/mol. The summed E-state index contributed by atoms with van der Waals surface area (Å²) in [5.41, 5.74) is 1.80. The first-order chi connectivity index (χ1) is 13.9. The fourth-order valence-corrected chi connectivity index (χ4v) is 2.08. The number of aldehydes is 2. The van der Waals surface area contributed by atoms with Gasteiger partial charge in [0.25, 0.3) is 0 Å². The number of hydrogen-bond acceptors (Lipinski definition) is 7. The molecule has 29 heavy (non-hydrogen) atoms. The molecule has 158 valence electrons. The van der Waals surface area contributed by atoms with Gasteiger partial charge in [0, 0.05) is 19.1 Å². The Hall–Kier alpha value is -2.87. The van der Waals surface area contributed by atoms with Gasteiger partial charge in [0.05, 0.1) is 18.8 Å². The summed E-state index contributed by atoms with van der Waals surface area (Å²) in [7, 11) is 1.47. The molecule has 1 unspecified atom stereocenters. The highest BCUT2D eigenvalue weighted by Gasteiger charge is 2.18. The van der Waals surface area contributed by atoms with Crippen LogP contribution in [0.25, 0.3) is 0 Å². The minimum absolute atomic E-state index is 0.0933. The van der Waals surface area contributed by atoms with Gasteiger partial charge in [0.15, 0.2) is 17.8 Å². The van der Waals surface area contributed by atoms with Crippen molar-refractivity contribution in [2.75, 3.05) is 20.3 Å². The van der Waals surface area contributed by atoms with Crippen molar-refractivity contribution in [1.29, 1.82) is 0 Å². The van der Waals surface area contributed by atoms with Crippen molar-refractivity contribution >= 4 is 18.4 Å². The van der Waals surface area contributed by atoms with E-state index in [1.165, 1.54) is 7.11 Å². The van der Waals surface area contributed by atoms with E-state index >= 15 is 0 Å². The van der Waals surface area contributed by atoms with E-state index < -0.39 is 6.10 Å². The van der Waals surface area contributed by atoms with E-state index in [9.17, 15) is 14.4 Å². The van der Waals surface area contributed by atoms with Crippen molar-refractivity contribution < 1.29 is 33.8 Å². The number of carbonyl (C=O) groups is 3. The number of aliphatic hydroxyl groups is 2. The molecule has 0 aliphatic rings. The molecule has 0 bridgehead atoms. The maximum atomic E-state index is 12.2. The molecule has 0 aliphatic heterocycles. The Bertz CT molecular complexity index is 771. The van der Waals surface area contributed by atoms with E-state index in [2.05, 4.69) is 11.3 Å². The summed E-state index contributed by atoms with van der Waals surface area (Å²) in [6.07, 6.45) is 2.70. The van der Waals surface area contributed by atoms with Gasteiger partial charge in [-0.05, 0) is 25.5 Å². The molecule has 1 aromatic heterocycles. The number of ketones is 1. The normalized spacial score (nSPS) is 10.5. The van der Waals surface area contributed by atoms with Gasteiger partial charge in [0.1, 0.15) is 18.2 Å². The monoisotopic (exact) mass is 404 g/mol. The molecule has 1 heterocycles. The molecule has 7 heteroatoms. The number of aryl methyl sites for hydroxylation is 2. The largest absolute Gasteiger partial charge is 0.458 e. The zero-order valence-corrected chi connectivity index (χ0v) is 17.0. The molecule has 7 nitrogen and oxygen atoms in total. The zero-order valence-electron chi connectivity index (χ0n) is 17.0. The van der Waals surface area contributed by atoms with Crippen molar-refractivity contribution in [2.24, 2.45) is 0 Å². The van der Waals surface area contributed by atoms with Crippen LogP contribution in [0, 0.1) is 13.8 Å². The molecule has 2 N–H and O–H groups in total. The number of furan rings is 1. The molecule has 2 aromatic rings. The molecule has 1 atom stereocenters. The van der Waals surface area contributed by atoms with Gasteiger partial charge in [-0.15, -0.1) is 6.58 Å². The zero-order chi connectivity index (χ0) is 22.2. The molecule has 1 aromatic carbocycles. The first-order valence-corrected chi connectivity index (χ1v) is 8.84. The number of methoxy groups -OCH3 is 1. The van der Waals surface area contributed by atoms with Gasteiger partial charge >= 0.3 is 0 Å². The first kappa shape index (κ1) is 26.1. The third-order valence-electron chi connectivity index (χ3n) is 3.46. The molecule has 0 saturated heterocycles. The summed E-state index contributed by atoms with van der Waals surface area (Å²) >= 11 is 0.